The Balaban J connectivity index is 2.24. The summed E-state index contributed by atoms with van der Waals surface area (Å²) in [5, 5.41) is 14.5. The number of carbonyl (C=O) groups is 2. The highest BCUT2D eigenvalue weighted by molar-refractivity contribution is 5.74. The monoisotopic (exact) mass is 300 g/mol. The minimum atomic E-state index is -0.932. The third kappa shape index (κ3) is 5.91. The average molecular weight is 300 g/mol. The van der Waals surface area contributed by atoms with Crippen molar-refractivity contribution in [3.63, 3.8) is 0 Å². The largest absolute Gasteiger partial charge is 0.479 e. The summed E-state index contributed by atoms with van der Waals surface area (Å²) in [6, 6.07) is -0.219. The van der Waals surface area contributed by atoms with Crippen molar-refractivity contribution in [3.8, 4) is 0 Å². The van der Waals surface area contributed by atoms with Gasteiger partial charge < -0.3 is 20.5 Å². The zero-order valence-corrected chi connectivity index (χ0v) is 13.4. The van der Waals surface area contributed by atoms with Crippen molar-refractivity contribution in [1.82, 2.24) is 10.6 Å². The van der Waals surface area contributed by atoms with Crippen LogP contribution in [0.2, 0.25) is 0 Å². The molecule has 1 heterocycles. The fourth-order valence-corrected chi connectivity index (χ4v) is 2.76. The lowest BCUT2D eigenvalue weighted by Crippen LogP contribution is -2.43. The van der Waals surface area contributed by atoms with Crippen molar-refractivity contribution in [2.45, 2.75) is 52.7 Å². The molecule has 1 rings (SSSR count). The molecule has 3 N–H and O–H groups in total. The van der Waals surface area contributed by atoms with Gasteiger partial charge in [0, 0.05) is 13.1 Å². The van der Waals surface area contributed by atoms with E-state index in [0.717, 1.165) is 0 Å². The van der Waals surface area contributed by atoms with Gasteiger partial charge in [0.2, 0.25) is 0 Å². The minimum Gasteiger partial charge on any atom is -0.479 e. The van der Waals surface area contributed by atoms with Crippen LogP contribution in [0, 0.1) is 17.8 Å². The van der Waals surface area contributed by atoms with Crippen molar-refractivity contribution < 1.29 is 19.4 Å². The first kappa shape index (κ1) is 17.8. The molecule has 0 spiro atoms. The third-order valence-electron chi connectivity index (χ3n) is 4.08. The number of hydrogen-bond donors (Lipinski definition) is 3. The highest BCUT2D eigenvalue weighted by Gasteiger charge is 2.30. The first-order valence-corrected chi connectivity index (χ1v) is 7.71. The quantitative estimate of drug-likeness (QED) is 0.669. The lowest BCUT2D eigenvalue weighted by atomic mass is 9.85. The van der Waals surface area contributed by atoms with Crippen LogP contribution in [0.25, 0.3) is 0 Å². The average Bonchev–Trinajstić information content (AvgIpc) is 2.84. The Kier molecular flexibility index (Phi) is 6.95. The molecule has 122 valence electrons. The van der Waals surface area contributed by atoms with E-state index >= 15 is 0 Å². The Hall–Kier alpha value is -1.30. The standard InChI is InChI=1S/C15H28N2O4/c1-9(2)12(10(3)4)8-17-15(20)16-7-11-5-6-13(21-11)14(18)19/h9-13H,5-8H2,1-4H3,(H,18,19)(H2,16,17,20). The van der Waals surface area contributed by atoms with E-state index in [1.807, 2.05) is 0 Å². The zero-order valence-electron chi connectivity index (χ0n) is 13.4. The lowest BCUT2D eigenvalue weighted by Gasteiger charge is -2.25. The van der Waals surface area contributed by atoms with Crippen LogP contribution in [-0.2, 0) is 9.53 Å². The van der Waals surface area contributed by atoms with E-state index in [1.165, 1.54) is 0 Å². The molecular weight excluding hydrogens is 272 g/mol. The van der Waals surface area contributed by atoms with Crippen LogP contribution in [0.3, 0.4) is 0 Å². The fraction of sp³-hybridized carbons (Fsp3) is 0.867. The number of hydrogen-bond acceptors (Lipinski definition) is 3. The molecule has 0 aromatic heterocycles. The van der Waals surface area contributed by atoms with Gasteiger partial charge in [0.25, 0.3) is 0 Å². The number of amides is 2. The highest BCUT2D eigenvalue weighted by atomic mass is 16.5. The molecule has 1 saturated heterocycles. The summed E-state index contributed by atoms with van der Waals surface area (Å²) in [4.78, 5) is 22.5. The van der Waals surface area contributed by atoms with Gasteiger partial charge in [-0.05, 0) is 30.6 Å². The number of rotatable bonds is 7. The molecule has 2 amide bonds. The minimum absolute atomic E-state index is 0.206. The highest BCUT2D eigenvalue weighted by Crippen LogP contribution is 2.20. The van der Waals surface area contributed by atoms with Crippen molar-refractivity contribution in [2.75, 3.05) is 13.1 Å². The second kappa shape index (κ2) is 8.22. The smallest absolute Gasteiger partial charge is 0.332 e. The second-order valence-electron chi connectivity index (χ2n) is 6.41. The van der Waals surface area contributed by atoms with Gasteiger partial charge in [-0.2, -0.15) is 0 Å². The first-order chi connectivity index (χ1) is 9.81. The number of aliphatic carboxylic acids is 1. The number of carbonyl (C=O) groups excluding carboxylic acids is 1. The van der Waals surface area contributed by atoms with E-state index < -0.39 is 12.1 Å². The van der Waals surface area contributed by atoms with Gasteiger partial charge in [0.1, 0.15) is 0 Å². The predicted octanol–water partition coefficient (Wildman–Crippen LogP) is 1.85. The summed E-state index contributed by atoms with van der Waals surface area (Å²) in [7, 11) is 0. The zero-order chi connectivity index (χ0) is 16.0. The van der Waals surface area contributed by atoms with E-state index in [2.05, 4.69) is 38.3 Å². The van der Waals surface area contributed by atoms with Gasteiger partial charge >= 0.3 is 12.0 Å². The molecule has 6 nitrogen and oxygen atoms in total. The van der Waals surface area contributed by atoms with E-state index in [4.69, 9.17) is 9.84 Å². The molecule has 1 fully saturated rings. The molecular formula is C15H28N2O4. The van der Waals surface area contributed by atoms with Gasteiger partial charge in [-0.1, -0.05) is 27.7 Å². The fourth-order valence-electron chi connectivity index (χ4n) is 2.76. The molecule has 0 aliphatic carbocycles. The lowest BCUT2D eigenvalue weighted by molar-refractivity contribution is -0.149. The summed E-state index contributed by atoms with van der Waals surface area (Å²) in [6.07, 6.45) is 0.234. The van der Waals surface area contributed by atoms with Gasteiger partial charge in [-0.3, -0.25) is 0 Å². The Morgan fingerprint density at radius 3 is 2.24 bits per heavy atom. The molecule has 0 aromatic carbocycles. The van der Waals surface area contributed by atoms with Crippen molar-refractivity contribution in [3.05, 3.63) is 0 Å². The topological polar surface area (TPSA) is 87.7 Å². The van der Waals surface area contributed by atoms with E-state index in [9.17, 15) is 9.59 Å². The molecule has 1 aliphatic rings. The molecule has 6 heteroatoms. The molecule has 1 aliphatic heterocycles. The molecule has 0 radical (unpaired) electrons. The van der Waals surface area contributed by atoms with Crippen LogP contribution in [0.4, 0.5) is 4.79 Å². The van der Waals surface area contributed by atoms with Crippen molar-refractivity contribution in [2.24, 2.45) is 17.8 Å². The molecule has 2 atom stereocenters. The van der Waals surface area contributed by atoms with Crippen LogP contribution in [0.15, 0.2) is 0 Å². The Morgan fingerprint density at radius 2 is 1.76 bits per heavy atom. The summed E-state index contributed by atoms with van der Waals surface area (Å²) in [5.74, 6) is 0.535. The maximum absolute atomic E-state index is 11.8. The maximum atomic E-state index is 11.8. The summed E-state index contributed by atoms with van der Waals surface area (Å²) in [5.41, 5.74) is 0. The van der Waals surface area contributed by atoms with Crippen molar-refractivity contribution >= 4 is 12.0 Å². The van der Waals surface area contributed by atoms with Crippen molar-refractivity contribution in [1.29, 1.82) is 0 Å². The molecule has 21 heavy (non-hydrogen) atoms. The Bertz CT molecular complexity index is 350. The summed E-state index contributed by atoms with van der Waals surface area (Å²) >= 11 is 0. The number of carboxylic acids is 1. The van der Waals surface area contributed by atoms with Gasteiger partial charge in [-0.25, -0.2) is 9.59 Å². The van der Waals surface area contributed by atoms with E-state index in [-0.39, 0.29) is 12.1 Å². The van der Waals surface area contributed by atoms with Crippen LogP contribution in [-0.4, -0.2) is 42.4 Å². The van der Waals surface area contributed by atoms with E-state index in [0.29, 0.717) is 43.7 Å². The number of urea groups is 1. The summed E-state index contributed by atoms with van der Waals surface area (Å²) in [6.45, 7) is 9.62. The van der Waals surface area contributed by atoms with E-state index in [1.54, 1.807) is 0 Å². The SMILES string of the molecule is CC(C)C(CNC(=O)NCC1CCC(C(=O)O)O1)C(C)C. The predicted molar refractivity (Wildman–Crippen MR) is 80.1 cm³/mol. The number of carboxylic acid groups (broad SMARTS) is 1. The Morgan fingerprint density at radius 1 is 1.14 bits per heavy atom. The van der Waals surface area contributed by atoms with Crippen LogP contribution >= 0.6 is 0 Å². The van der Waals surface area contributed by atoms with Gasteiger partial charge in [0.05, 0.1) is 6.10 Å². The molecule has 0 bridgehead atoms. The van der Waals surface area contributed by atoms with Crippen LogP contribution in [0.5, 0.6) is 0 Å². The summed E-state index contributed by atoms with van der Waals surface area (Å²) < 4.78 is 5.33. The van der Waals surface area contributed by atoms with Crippen LogP contribution < -0.4 is 10.6 Å². The molecule has 0 saturated carbocycles. The number of nitrogens with one attached hydrogen (secondary N) is 2. The molecule has 2 unspecified atom stereocenters. The van der Waals surface area contributed by atoms with Gasteiger partial charge in [0.15, 0.2) is 6.10 Å². The van der Waals surface area contributed by atoms with Gasteiger partial charge in [-0.15, -0.1) is 0 Å². The first-order valence-electron chi connectivity index (χ1n) is 7.71. The van der Waals surface area contributed by atoms with Crippen LogP contribution in [0.1, 0.15) is 40.5 Å². The molecule has 0 aromatic rings. The normalized spacial score (nSPS) is 22.0. The third-order valence-corrected chi connectivity index (χ3v) is 4.08. The Labute approximate surface area is 126 Å². The maximum Gasteiger partial charge on any atom is 0.332 e. The number of ether oxygens (including phenoxy) is 1. The second-order valence-corrected chi connectivity index (χ2v) is 6.41.